The van der Waals surface area contributed by atoms with Crippen molar-refractivity contribution in [3.05, 3.63) is 237 Å². The summed E-state index contributed by atoms with van der Waals surface area (Å²) in [6.07, 6.45) is 3.94. The minimum atomic E-state index is 0.699. The summed E-state index contributed by atoms with van der Waals surface area (Å²) in [5.41, 5.74) is 19.3. The van der Waals surface area contributed by atoms with Crippen LogP contribution in [0.15, 0.2) is 237 Å². The van der Waals surface area contributed by atoms with E-state index in [1.807, 2.05) is 36.7 Å². The Hall–Kier alpha value is -8.67. The standard InChI is InChI=1S/C59H39N5/c1-4-18-40(19-5-1)46-36-48(39-60-38-46)64-55-32-14-11-29-50(55)57-49-28-10-13-31-54(49)63(56-33-15-12-30-51(56)58(57)64)47-27-17-25-44(35-47)43-24-16-26-45(34-43)53-37-52(41-20-6-2-7-21-41)61-59(62-53)42-22-8-3-9-23-42/h1-39H. The molecule has 0 amide bonds. The lowest BCUT2D eigenvalue weighted by Gasteiger charge is -2.28. The lowest BCUT2D eigenvalue weighted by molar-refractivity contribution is 1.11. The predicted octanol–water partition coefficient (Wildman–Crippen LogP) is 15.3. The Bertz CT molecular complexity index is 3450. The van der Waals surface area contributed by atoms with Gasteiger partial charge >= 0.3 is 0 Å². The van der Waals surface area contributed by atoms with Crippen LogP contribution in [0.2, 0.25) is 0 Å². The van der Waals surface area contributed by atoms with E-state index in [0.717, 1.165) is 95.4 Å². The van der Waals surface area contributed by atoms with Crippen LogP contribution in [0.5, 0.6) is 0 Å². The molecular formula is C59H39N5. The fraction of sp³-hybridized carbons (Fsp3) is 0. The molecule has 12 rings (SSSR count). The maximum Gasteiger partial charge on any atom is 0.160 e. The second-order valence-corrected chi connectivity index (χ2v) is 16.1. The van der Waals surface area contributed by atoms with Gasteiger partial charge in [-0.05, 0) is 65.2 Å². The van der Waals surface area contributed by atoms with Crippen molar-refractivity contribution in [2.45, 2.75) is 0 Å². The summed E-state index contributed by atoms with van der Waals surface area (Å²) in [6, 6.07) is 79.4. The Kier molecular flexibility index (Phi) is 9.08. The molecule has 1 aliphatic rings. The van der Waals surface area contributed by atoms with Crippen LogP contribution in [-0.2, 0) is 0 Å². The van der Waals surface area contributed by atoms with Gasteiger partial charge in [-0.1, -0.05) is 176 Å². The quantitative estimate of drug-likeness (QED) is 0.161. The number of anilines is 3. The van der Waals surface area contributed by atoms with Crippen LogP contribution in [0.1, 0.15) is 0 Å². The minimum absolute atomic E-state index is 0.699. The molecule has 0 unspecified atom stereocenters. The van der Waals surface area contributed by atoms with Gasteiger partial charge in [-0.2, -0.15) is 0 Å². The van der Waals surface area contributed by atoms with Crippen molar-refractivity contribution >= 4 is 28.0 Å². The van der Waals surface area contributed by atoms with Crippen LogP contribution >= 0.6 is 0 Å². The zero-order chi connectivity index (χ0) is 42.4. The highest BCUT2D eigenvalue weighted by Gasteiger charge is 2.31. The lowest BCUT2D eigenvalue weighted by Crippen LogP contribution is -2.11. The number of hydrogen-bond acceptors (Lipinski definition) is 4. The Labute approximate surface area is 371 Å². The summed E-state index contributed by atoms with van der Waals surface area (Å²) in [7, 11) is 0. The molecule has 0 aliphatic carbocycles. The Balaban J connectivity index is 1.01. The van der Waals surface area contributed by atoms with Gasteiger partial charge in [0.2, 0.25) is 0 Å². The van der Waals surface area contributed by atoms with E-state index in [2.05, 4.69) is 210 Å². The highest BCUT2D eigenvalue weighted by atomic mass is 15.2. The van der Waals surface area contributed by atoms with Crippen molar-refractivity contribution in [2.75, 3.05) is 4.90 Å². The Morgan fingerprint density at radius 3 is 1.66 bits per heavy atom. The second-order valence-electron chi connectivity index (χ2n) is 16.1. The van der Waals surface area contributed by atoms with E-state index < -0.39 is 0 Å². The molecule has 4 heterocycles. The molecule has 3 aromatic heterocycles. The molecule has 0 saturated heterocycles. The molecule has 5 nitrogen and oxygen atoms in total. The zero-order valence-electron chi connectivity index (χ0n) is 34.8. The molecule has 64 heavy (non-hydrogen) atoms. The number of nitrogens with zero attached hydrogens (tertiary/aromatic N) is 5. The topological polar surface area (TPSA) is 46.8 Å². The van der Waals surface area contributed by atoms with E-state index in [1.165, 1.54) is 10.9 Å². The van der Waals surface area contributed by atoms with Crippen LogP contribution in [-0.4, -0.2) is 19.5 Å². The van der Waals surface area contributed by atoms with E-state index in [9.17, 15) is 0 Å². The lowest BCUT2D eigenvalue weighted by atomic mass is 9.98. The van der Waals surface area contributed by atoms with Crippen molar-refractivity contribution in [1.82, 2.24) is 19.5 Å². The third-order valence-corrected chi connectivity index (χ3v) is 12.2. The molecule has 300 valence electrons. The van der Waals surface area contributed by atoms with Crippen LogP contribution in [0.25, 0.3) is 95.1 Å². The van der Waals surface area contributed by atoms with Gasteiger partial charge in [0.1, 0.15) is 0 Å². The Morgan fingerprint density at radius 1 is 0.344 bits per heavy atom. The fourth-order valence-corrected chi connectivity index (χ4v) is 9.28. The largest absolute Gasteiger partial charge is 0.309 e. The van der Waals surface area contributed by atoms with E-state index >= 15 is 0 Å². The molecule has 11 aromatic rings. The van der Waals surface area contributed by atoms with Crippen molar-refractivity contribution in [2.24, 2.45) is 0 Å². The maximum atomic E-state index is 5.15. The van der Waals surface area contributed by atoms with Gasteiger partial charge in [-0.25, -0.2) is 9.97 Å². The first-order chi connectivity index (χ1) is 31.7. The van der Waals surface area contributed by atoms with E-state index in [0.29, 0.717) is 5.82 Å². The van der Waals surface area contributed by atoms with Gasteiger partial charge in [0, 0.05) is 56.2 Å². The van der Waals surface area contributed by atoms with Crippen LogP contribution in [0.4, 0.5) is 17.1 Å². The molecule has 0 fully saturated rings. The van der Waals surface area contributed by atoms with Gasteiger partial charge in [-0.3, -0.25) is 4.98 Å². The average Bonchev–Trinajstić information content (AvgIpc) is 3.66. The molecule has 5 heteroatoms. The summed E-state index contributed by atoms with van der Waals surface area (Å²) in [5.74, 6) is 0.699. The summed E-state index contributed by atoms with van der Waals surface area (Å²) < 4.78 is 2.41. The van der Waals surface area contributed by atoms with E-state index in [-0.39, 0.29) is 0 Å². The average molecular weight is 818 g/mol. The third-order valence-electron chi connectivity index (χ3n) is 12.2. The SMILES string of the molecule is c1ccc(-c2cncc(-n3c4c(c5ccccc53)-c3ccccc3N(c3cccc(-c5cccc(-c6cc(-c7ccccc7)nc(-c7ccccc7)n6)c5)c3)c3ccccc3-4)c2)cc1. The van der Waals surface area contributed by atoms with Gasteiger partial charge in [0.25, 0.3) is 0 Å². The molecule has 8 aromatic carbocycles. The van der Waals surface area contributed by atoms with Crippen LogP contribution < -0.4 is 4.90 Å². The molecule has 0 N–H and O–H groups in total. The number of rotatable bonds is 7. The number of para-hydroxylation sites is 3. The minimum Gasteiger partial charge on any atom is -0.309 e. The van der Waals surface area contributed by atoms with Crippen molar-refractivity contribution in [3.63, 3.8) is 0 Å². The normalized spacial score (nSPS) is 11.7. The molecule has 0 saturated carbocycles. The summed E-state index contributed by atoms with van der Waals surface area (Å²) in [6.45, 7) is 0. The van der Waals surface area contributed by atoms with Crippen molar-refractivity contribution < 1.29 is 0 Å². The molecule has 1 aliphatic heterocycles. The highest BCUT2D eigenvalue weighted by molar-refractivity contribution is 6.13. The number of pyridine rings is 1. The molecule has 0 spiro atoms. The van der Waals surface area contributed by atoms with Crippen LogP contribution in [0, 0.1) is 0 Å². The van der Waals surface area contributed by atoms with Crippen LogP contribution in [0.3, 0.4) is 0 Å². The molecule has 0 bridgehead atoms. The number of aromatic nitrogens is 4. The zero-order valence-corrected chi connectivity index (χ0v) is 34.8. The summed E-state index contributed by atoms with van der Waals surface area (Å²) in [5, 5.41) is 1.19. The van der Waals surface area contributed by atoms with Gasteiger partial charge in [0.05, 0.1) is 45.9 Å². The van der Waals surface area contributed by atoms with Crippen molar-refractivity contribution in [1.29, 1.82) is 0 Å². The van der Waals surface area contributed by atoms with E-state index in [1.54, 1.807) is 0 Å². The monoisotopic (exact) mass is 817 g/mol. The summed E-state index contributed by atoms with van der Waals surface area (Å²) >= 11 is 0. The smallest absolute Gasteiger partial charge is 0.160 e. The van der Waals surface area contributed by atoms with Crippen molar-refractivity contribution in [3.8, 4) is 84.2 Å². The number of benzene rings is 8. The van der Waals surface area contributed by atoms with Gasteiger partial charge in [-0.15, -0.1) is 0 Å². The number of hydrogen-bond donors (Lipinski definition) is 0. The first-order valence-electron chi connectivity index (χ1n) is 21.6. The van der Waals surface area contributed by atoms with E-state index in [4.69, 9.17) is 15.0 Å². The first-order valence-corrected chi connectivity index (χ1v) is 21.6. The molecule has 0 atom stereocenters. The molecule has 0 radical (unpaired) electrons. The van der Waals surface area contributed by atoms with Gasteiger partial charge in [0.15, 0.2) is 5.82 Å². The first kappa shape index (κ1) is 37.1. The Morgan fingerprint density at radius 2 is 0.891 bits per heavy atom. The molecular weight excluding hydrogens is 779 g/mol. The highest BCUT2D eigenvalue weighted by Crippen LogP contribution is 2.54. The predicted molar refractivity (Wildman–Crippen MR) is 263 cm³/mol. The summed E-state index contributed by atoms with van der Waals surface area (Å²) in [4.78, 5) is 17.4. The number of fused-ring (bicyclic) bond motifs is 7. The maximum absolute atomic E-state index is 5.15. The third kappa shape index (κ3) is 6.46. The second kappa shape index (κ2) is 15.7. The van der Waals surface area contributed by atoms with Gasteiger partial charge < -0.3 is 9.47 Å². The fourth-order valence-electron chi connectivity index (χ4n) is 9.28.